The molecule has 0 saturated heterocycles. The van der Waals surface area contributed by atoms with Gasteiger partial charge in [-0.3, -0.25) is 4.90 Å². The van der Waals surface area contributed by atoms with E-state index in [0.29, 0.717) is 0 Å². The first-order chi connectivity index (χ1) is 10.7. The number of hydrogen-bond donors (Lipinski definition) is 0. The molecular weight excluding hydrogens is 313 g/mol. The molecule has 0 spiro atoms. The van der Waals surface area contributed by atoms with Gasteiger partial charge in [-0.15, -0.1) is 0 Å². The lowest BCUT2D eigenvalue weighted by molar-refractivity contribution is 0.0731. The smallest absolute Gasteiger partial charge is 0.0465 e. The summed E-state index contributed by atoms with van der Waals surface area (Å²) in [6.45, 7) is 0.991. The largest absolute Gasteiger partial charge is 0.293 e. The van der Waals surface area contributed by atoms with Crippen molar-refractivity contribution >= 4 is 23.2 Å². The zero-order valence-electron chi connectivity index (χ0n) is 13.4. The molecule has 2 aliphatic carbocycles. The zero-order valence-corrected chi connectivity index (χ0v) is 14.9. The first-order valence-electron chi connectivity index (χ1n) is 8.94. The second kappa shape index (κ2) is 8.04. The Balaban J connectivity index is 1.77. The van der Waals surface area contributed by atoms with Crippen molar-refractivity contribution in [2.45, 2.75) is 82.8 Å². The molecule has 2 aliphatic rings. The molecule has 1 nitrogen and oxygen atoms in total. The number of nitrogens with zero attached hydrogens (tertiary/aromatic N) is 1. The Bertz CT molecular complexity index is 458. The summed E-state index contributed by atoms with van der Waals surface area (Å²) in [5.41, 5.74) is 1.24. The number of hydrogen-bond acceptors (Lipinski definition) is 1. The van der Waals surface area contributed by atoms with E-state index in [-0.39, 0.29) is 0 Å². The molecular formula is C19H27Cl2N. The van der Waals surface area contributed by atoms with Crippen molar-refractivity contribution in [1.29, 1.82) is 0 Å². The molecule has 0 bridgehead atoms. The van der Waals surface area contributed by atoms with E-state index >= 15 is 0 Å². The Labute approximate surface area is 145 Å². The summed E-state index contributed by atoms with van der Waals surface area (Å²) in [6.07, 6.45) is 13.8. The molecule has 1 aromatic rings. The third kappa shape index (κ3) is 4.19. The lowest BCUT2D eigenvalue weighted by atomic mass is 9.88. The van der Waals surface area contributed by atoms with E-state index in [1.165, 1.54) is 69.8 Å². The summed E-state index contributed by atoms with van der Waals surface area (Å²) in [5.74, 6) is 0. The van der Waals surface area contributed by atoms with Crippen LogP contribution >= 0.6 is 23.2 Å². The zero-order chi connectivity index (χ0) is 15.4. The number of rotatable bonds is 4. The van der Waals surface area contributed by atoms with E-state index in [9.17, 15) is 0 Å². The summed E-state index contributed by atoms with van der Waals surface area (Å²) in [5, 5.41) is 1.56. The second-order valence-electron chi connectivity index (χ2n) is 6.99. The standard InChI is InChI=1S/C19H27Cl2N/c20-16-12-11-15(19(21)13-16)14-22(17-7-3-1-4-8-17)18-9-5-2-6-10-18/h11-13,17-18H,1-10,14H2. The maximum Gasteiger partial charge on any atom is 0.0465 e. The average Bonchev–Trinajstić information content (AvgIpc) is 2.56. The molecule has 122 valence electrons. The topological polar surface area (TPSA) is 3.24 Å². The normalized spacial score (nSPS) is 21.4. The van der Waals surface area contributed by atoms with E-state index in [4.69, 9.17) is 23.2 Å². The Morgan fingerprint density at radius 3 is 1.86 bits per heavy atom. The van der Waals surface area contributed by atoms with Crippen LogP contribution in [0.15, 0.2) is 18.2 Å². The van der Waals surface area contributed by atoms with Gasteiger partial charge in [0, 0.05) is 28.7 Å². The van der Waals surface area contributed by atoms with E-state index in [0.717, 1.165) is 28.7 Å². The van der Waals surface area contributed by atoms with Gasteiger partial charge in [0.25, 0.3) is 0 Å². The van der Waals surface area contributed by atoms with Crippen LogP contribution in [0.3, 0.4) is 0 Å². The highest BCUT2D eigenvalue weighted by molar-refractivity contribution is 6.35. The third-order valence-corrected chi connectivity index (χ3v) is 6.04. The summed E-state index contributed by atoms with van der Waals surface area (Å²) in [4.78, 5) is 2.79. The van der Waals surface area contributed by atoms with Crippen molar-refractivity contribution in [3.8, 4) is 0 Å². The van der Waals surface area contributed by atoms with Crippen molar-refractivity contribution in [2.75, 3.05) is 0 Å². The second-order valence-corrected chi connectivity index (χ2v) is 7.84. The SMILES string of the molecule is Clc1ccc(CN(C2CCCCC2)C2CCCCC2)c(Cl)c1. The van der Waals surface area contributed by atoms with Crippen LogP contribution in [0.4, 0.5) is 0 Å². The van der Waals surface area contributed by atoms with E-state index in [1.54, 1.807) is 0 Å². The van der Waals surface area contributed by atoms with E-state index in [1.807, 2.05) is 12.1 Å². The number of benzene rings is 1. The fourth-order valence-corrected chi connectivity index (χ4v) is 4.70. The monoisotopic (exact) mass is 339 g/mol. The van der Waals surface area contributed by atoms with Gasteiger partial charge < -0.3 is 0 Å². The Kier molecular flexibility index (Phi) is 6.07. The predicted molar refractivity (Wildman–Crippen MR) is 95.8 cm³/mol. The van der Waals surface area contributed by atoms with Gasteiger partial charge in [0.15, 0.2) is 0 Å². The fraction of sp³-hybridized carbons (Fsp3) is 0.684. The molecule has 3 rings (SSSR count). The van der Waals surface area contributed by atoms with E-state index in [2.05, 4.69) is 11.0 Å². The molecule has 0 aliphatic heterocycles. The molecule has 22 heavy (non-hydrogen) atoms. The summed E-state index contributed by atoms with van der Waals surface area (Å²) in [6, 6.07) is 7.48. The van der Waals surface area contributed by atoms with Crippen molar-refractivity contribution < 1.29 is 0 Å². The Morgan fingerprint density at radius 2 is 1.36 bits per heavy atom. The molecule has 2 fully saturated rings. The lowest BCUT2D eigenvalue weighted by Crippen LogP contribution is -2.44. The van der Waals surface area contributed by atoms with Crippen LogP contribution in [0.1, 0.15) is 69.8 Å². The van der Waals surface area contributed by atoms with Crippen molar-refractivity contribution in [2.24, 2.45) is 0 Å². The van der Waals surface area contributed by atoms with Crippen molar-refractivity contribution in [3.63, 3.8) is 0 Å². The minimum Gasteiger partial charge on any atom is -0.293 e. The van der Waals surface area contributed by atoms with Gasteiger partial charge in [0.05, 0.1) is 0 Å². The molecule has 2 saturated carbocycles. The summed E-state index contributed by atoms with van der Waals surface area (Å²) < 4.78 is 0. The van der Waals surface area contributed by atoms with Crippen LogP contribution in [0.5, 0.6) is 0 Å². The molecule has 0 aromatic heterocycles. The van der Waals surface area contributed by atoms with E-state index < -0.39 is 0 Å². The van der Waals surface area contributed by atoms with Crippen molar-refractivity contribution in [1.82, 2.24) is 4.90 Å². The quantitative estimate of drug-likeness (QED) is 0.608. The van der Waals surface area contributed by atoms with Crippen LogP contribution in [-0.4, -0.2) is 17.0 Å². The fourth-order valence-electron chi connectivity index (χ4n) is 4.23. The summed E-state index contributed by atoms with van der Waals surface area (Å²) >= 11 is 12.5. The predicted octanol–water partition coefficient (Wildman–Crippen LogP) is 6.46. The van der Waals surface area contributed by atoms with Crippen LogP contribution in [-0.2, 0) is 6.54 Å². The maximum atomic E-state index is 6.44. The van der Waals surface area contributed by atoms with Crippen LogP contribution in [0.25, 0.3) is 0 Å². The van der Waals surface area contributed by atoms with Gasteiger partial charge in [-0.2, -0.15) is 0 Å². The minimum absolute atomic E-state index is 0.732. The average molecular weight is 340 g/mol. The van der Waals surface area contributed by atoms with Crippen LogP contribution < -0.4 is 0 Å². The molecule has 1 aromatic carbocycles. The third-order valence-electron chi connectivity index (χ3n) is 5.46. The molecule has 0 amide bonds. The van der Waals surface area contributed by atoms with Gasteiger partial charge in [-0.1, -0.05) is 67.8 Å². The maximum absolute atomic E-state index is 6.44. The van der Waals surface area contributed by atoms with Crippen molar-refractivity contribution in [3.05, 3.63) is 33.8 Å². The minimum atomic E-state index is 0.732. The number of halogens is 2. The first kappa shape index (κ1) is 16.6. The molecule has 0 N–H and O–H groups in total. The molecule has 3 heteroatoms. The lowest BCUT2D eigenvalue weighted by Gasteiger charge is -2.42. The highest BCUT2D eigenvalue weighted by Gasteiger charge is 2.29. The van der Waals surface area contributed by atoms with Crippen LogP contribution in [0, 0.1) is 0 Å². The molecule has 0 unspecified atom stereocenters. The molecule has 0 atom stereocenters. The van der Waals surface area contributed by atoms with Crippen LogP contribution in [0.2, 0.25) is 10.0 Å². The first-order valence-corrected chi connectivity index (χ1v) is 9.69. The Morgan fingerprint density at radius 1 is 0.818 bits per heavy atom. The van der Waals surface area contributed by atoms with Gasteiger partial charge in [0.1, 0.15) is 0 Å². The highest BCUT2D eigenvalue weighted by Crippen LogP contribution is 2.33. The van der Waals surface area contributed by atoms with Gasteiger partial charge in [0.2, 0.25) is 0 Å². The summed E-state index contributed by atoms with van der Waals surface area (Å²) in [7, 11) is 0. The van der Waals surface area contributed by atoms with Gasteiger partial charge >= 0.3 is 0 Å². The highest BCUT2D eigenvalue weighted by atomic mass is 35.5. The van der Waals surface area contributed by atoms with Gasteiger partial charge in [-0.05, 0) is 43.4 Å². The van der Waals surface area contributed by atoms with Gasteiger partial charge in [-0.25, -0.2) is 0 Å². The molecule has 0 radical (unpaired) electrons. The Hall–Kier alpha value is -0.240. The molecule has 0 heterocycles.